The van der Waals surface area contributed by atoms with E-state index in [0.717, 1.165) is 11.3 Å². The number of nitrogens with one attached hydrogen (secondary N) is 3. The van der Waals surface area contributed by atoms with Gasteiger partial charge in [-0.2, -0.15) is 0 Å². The first-order chi connectivity index (χ1) is 13.6. The number of benzene rings is 2. The van der Waals surface area contributed by atoms with Gasteiger partial charge in [-0.3, -0.25) is 14.4 Å². The Hall–Kier alpha value is -3.35. The lowest BCUT2D eigenvalue weighted by Gasteiger charge is -2.14. The SMILES string of the molecule is COc1ccccc1CCNC(=O)CC[C@H]1NC(=O)c2ccccc2NC1=O. The van der Waals surface area contributed by atoms with Crippen molar-refractivity contribution in [2.24, 2.45) is 0 Å². The van der Waals surface area contributed by atoms with Gasteiger partial charge in [0.2, 0.25) is 11.8 Å². The van der Waals surface area contributed by atoms with Gasteiger partial charge in [0.25, 0.3) is 5.91 Å². The number of fused-ring (bicyclic) bond motifs is 1. The van der Waals surface area contributed by atoms with E-state index in [1.165, 1.54) is 0 Å². The molecule has 0 radical (unpaired) electrons. The molecule has 0 saturated heterocycles. The van der Waals surface area contributed by atoms with Gasteiger partial charge >= 0.3 is 0 Å². The van der Waals surface area contributed by atoms with Gasteiger partial charge in [0, 0.05) is 13.0 Å². The molecule has 3 amide bonds. The lowest BCUT2D eigenvalue weighted by molar-refractivity contribution is -0.121. The minimum absolute atomic E-state index is 0.140. The largest absolute Gasteiger partial charge is 0.496 e. The highest BCUT2D eigenvalue weighted by molar-refractivity contribution is 6.09. The van der Waals surface area contributed by atoms with Gasteiger partial charge in [0.1, 0.15) is 11.8 Å². The van der Waals surface area contributed by atoms with Crippen LogP contribution in [0, 0.1) is 0 Å². The standard InChI is InChI=1S/C21H23N3O4/c1-28-18-9-5-2-6-14(18)12-13-22-19(25)11-10-17-21(27)23-16-8-4-3-7-15(16)20(26)24-17/h2-9,17H,10-13H2,1H3,(H,22,25)(H,23,27)(H,24,26)/t17-/m1/s1. The molecule has 28 heavy (non-hydrogen) atoms. The molecule has 0 unspecified atom stereocenters. The van der Waals surface area contributed by atoms with Gasteiger partial charge in [0.15, 0.2) is 0 Å². The molecule has 0 bridgehead atoms. The van der Waals surface area contributed by atoms with Crippen LogP contribution < -0.4 is 20.7 Å². The van der Waals surface area contributed by atoms with E-state index >= 15 is 0 Å². The van der Waals surface area contributed by atoms with E-state index in [1.807, 2.05) is 24.3 Å². The zero-order chi connectivity index (χ0) is 19.9. The molecule has 0 fully saturated rings. The quantitative estimate of drug-likeness (QED) is 0.682. The van der Waals surface area contributed by atoms with Crippen LogP contribution in [-0.2, 0) is 16.0 Å². The molecular weight excluding hydrogens is 358 g/mol. The Kier molecular flexibility index (Phi) is 6.26. The summed E-state index contributed by atoms with van der Waals surface area (Å²) in [5, 5.41) is 8.27. The van der Waals surface area contributed by atoms with Crippen molar-refractivity contribution in [3.05, 3.63) is 59.7 Å². The van der Waals surface area contributed by atoms with Crippen molar-refractivity contribution in [2.45, 2.75) is 25.3 Å². The Bertz CT molecular complexity index is 881. The maximum absolute atomic E-state index is 12.3. The molecule has 7 heteroatoms. The third-order valence-electron chi connectivity index (χ3n) is 4.62. The zero-order valence-electron chi connectivity index (χ0n) is 15.7. The molecule has 0 aliphatic carbocycles. The third kappa shape index (κ3) is 4.68. The number of rotatable bonds is 7. The van der Waals surface area contributed by atoms with Gasteiger partial charge in [-0.1, -0.05) is 30.3 Å². The summed E-state index contributed by atoms with van der Waals surface area (Å²) < 4.78 is 5.29. The smallest absolute Gasteiger partial charge is 0.254 e. The highest BCUT2D eigenvalue weighted by atomic mass is 16.5. The van der Waals surface area contributed by atoms with Crippen LogP contribution in [0.2, 0.25) is 0 Å². The van der Waals surface area contributed by atoms with Crippen LogP contribution in [0.15, 0.2) is 48.5 Å². The Morgan fingerprint density at radius 1 is 1.11 bits per heavy atom. The number of para-hydroxylation sites is 2. The second-order valence-electron chi connectivity index (χ2n) is 6.51. The van der Waals surface area contributed by atoms with E-state index < -0.39 is 6.04 Å². The van der Waals surface area contributed by atoms with Crippen LogP contribution in [0.1, 0.15) is 28.8 Å². The summed E-state index contributed by atoms with van der Waals surface area (Å²) in [4.78, 5) is 36.7. The van der Waals surface area contributed by atoms with Gasteiger partial charge in [-0.05, 0) is 36.6 Å². The summed E-state index contributed by atoms with van der Waals surface area (Å²) in [5.74, 6) is -0.0245. The lowest BCUT2D eigenvalue weighted by atomic mass is 10.1. The number of ether oxygens (including phenoxy) is 1. The number of carbonyl (C=O) groups excluding carboxylic acids is 3. The van der Waals surface area contributed by atoms with Gasteiger partial charge < -0.3 is 20.7 Å². The van der Waals surface area contributed by atoms with Crippen LogP contribution in [0.3, 0.4) is 0 Å². The predicted molar refractivity (Wildman–Crippen MR) is 105 cm³/mol. The fourth-order valence-electron chi connectivity index (χ4n) is 3.12. The summed E-state index contributed by atoms with van der Waals surface area (Å²) in [7, 11) is 1.61. The lowest BCUT2D eigenvalue weighted by Crippen LogP contribution is -2.42. The molecule has 1 atom stereocenters. The van der Waals surface area contributed by atoms with Crippen molar-refractivity contribution in [3.8, 4) is 5.75 Å². The van der Waals surface area contributed by atoms with Crippen LogP contribution in [0.5, 0.6) is 5.75 Å². The molecular formula is C21H23N3O4. The molecule has 3 N–H and O–H groups in total. The van der Waals surface area contributed by atoms with E-state index in [4.69, 9.17) is 4.74 Å². The molecule has 1 aliphatic rings. The molecule has 0 aromatic heterocycles. The fraction of sp³-hybridized carbons (Fsp3) is 0.286. The normalized spacial score (nSPS) is 15.7. The maximum Gasteiger partial charge on any atom is 0.254 e. The van der Waals surface area contributed by atoms with Crippen molar-refractivity contribution < 1.29 is 19.1 Å². The monoisotopic (exact) mass is 381 g/mol. The average Bonchev–Trinajstić information content (AvgIpc) is 2.83. The first-order valence-electron chi connectivity index (χ1n) is 9.18. The molecule has 3 rings (SSSR count). The van der Waals surface area contributed by atoms with Crippen molar-refractivity contribution in [3.63, 3.8) is 0 Å². The molecule has 2 aromatic rings. The topological polar surface area (TPSA) is 96.5 Å². The first-order valence-corrected chi connectivity index (χ1v) is 9.18. The summed E-state index contributed by atoms with van der Waals surface area (Å²) in [6.45, 7) is 0.466. The third-order valence-corrected chi connectivity index (χ3v) is 4.62. The summed E-state index contributed by atoms with van der Waals surface area (Å²) in [6, 6.07) is 13.7. The van der Waals surface area contributed by atoms with Crippen molar-refractivity contribution >= 4 is 23.4 Å². The van der Waals surface area contributed by atoms with Crippen LogP contribution >= 0.6 is 0 Å². The highest BCUT2D eigenvalue weighted by Gasteiger charge is 2.27. The maximum atomic E-state index is 12.3. The summed E-state index contributed by atoms with van der Waals surface area (Å²) in [6.07, 6.45) is 1.01. The minimum Gasteiger partial charge on any atom is -0.496 e. The molecule has 1 aliphatic heterocycles. The molecule has 2 aromatic carbocycles. The Morgan fingerprint density at radius 3 is 2.68 bits per heavy atom. The summed E-state index contributed by atoms with van der Waals surface area (Å²) in [5.41, 5.74) is 1.91. The average molecular weight is 381 g/mol. The van der Waals surface area contributed by atoms with Crippen molar-refractivity contribution in [1.29, 1.82) is 0 Å². The first kappa shape index (κ1) is 19.4. The van der Waals surface area contributed by atoms with Gasteiger partial charge in [0.05, 0.1) is 18.4 Å². The molecule has 1 heterocycles. The second kappa shape index (κ2) is 9.03. The number of hydrogen-bond donors (Lipinski definition) is 3. The summed E-state index contributed by atoms with van der Waals surface area (Å²) >= 11 is 0. The van der Waals surface area contributed by atoms with E-state index in [0.29, 0.717) is 24.2 Å². The Labute approximate surface area is 163 Å². The van der Waals surface area contributed by atoms with Crippen LogP contribution in [0.4, 0.5) is 5.69 Å². The minimum atomic E-state index is -0.750. The van der Waals surface area contributed by atoms with Crippen molar-refractivity contribution in [2.75, 3.05) is 19.0 Å². The Balaban J connectivity index is 1.48. The van der Waals surface area contributed by atoms with Crippen LogP contribution in [-0.4, -0.2) is 37.4 Å². The number of anilines is 1. The number of carbonyl (C=O) groups is 3. The fourth-order valence-corrected chi connectivity index (χ4v) is 3.12. The van der Waals surface area contributed by atoms with E-state index in [-0.39, 0.29) is 30.6 Å². The molecule has 0 spiro atoms. The van der Waals surface area contributed by atoms with E-state index in [1.54, 1.807) is 31.4 Å². The van der Waals surface area contributed by atoms with E-state index in [2.05, 4.69) is 16.0 Å². The van der Waals surface area contributed by atoms with Gasteiger partial charge in [-0.25, -0.2) is 0 Å². The van der Waals surface area contributed by atoms with E-state index in [9.17, 15) is 14.4 Å². The molecule has 0 saturated carbocycles. The van der Waals surface area contributed by atoms with Gasteiger partial charge in [-0.15, -0.1) is 0 Å². The molecule has 7 nitrogen and oxygen atoms in total. The Morgan fingerprint density at radius 2 is 1.86 bits per heavy atom. The number of methoxy groups -OCH3 is 1. The second-order valence-corrected chi connectivity index (χ2v) is 6.51. The number of hydrogen-bond acceptors (Lipinski definition) is 4. The highest BCUT2D eigenvalue weighted by Crippen LogP contribution is 2.19. The zero-order valence-corrected chi connectivity index (χ0v) is 15.7. The van der Waals surface area contributed by atoms with Crippen molar-refractivity contribution in [1.82, 2.24) is 10.6 Å². The number of amides is 3. The van der Waals surface area contributed by atoms with Crippen LogP contribution in [0.25, 0.3) is 0 Å². The predicted octanol–water partition coefficient (Wildman–Crippen LogP) is 1.88. The molecule has 146 valence electrons.